The van der Waals surface area contributed by atoms with Crippen LogP contribution in [-0.4, -0.2) is 15.1 Å². The highest BCUT2D eigenvalue weighted by Crippen LogP contribution is 2.26. The van der Waals surface area contributed by atoms with Crippen LogP contribution in [0.2, 0.25) is 5.02 Å². The minimum Gasteiger partial charge on any atom is -0.360 e. The Morgan fingerprint density at radius 3 is 2.83 bits per heavy atom. The van der Waals surface area contributed by atoms with Crippen molar-refractivity contribution in [1.82, 2.24) is 15.1 Å². The molecule has 3 rings (SSSR count). The standard InChI is InChI=1S/C16H14ClN5O/c1-3-13(16-19-9(2)23-22-16)20-15-6-10(8-18)12-7-11(17)4-5-14(12)21-15/h4-7,13H,3H2,1-2H3,(H,20,21). The maximum atomic E-state index is 9.37. The first-order chi connectivity index (χ1) is 11.1. The third-order valence-corrected chi connectivity index (χ3v) is 3.71. The number of aromatic nitrogens is 3. The molecule has 0 aliphatic carbocycles. The maximum Gasteiger partial charge on any atom is 0.223 e. The monoisotopic (exact) mass is 327 g/mol. The van der Waals surface area contributed by atoms with Crippen molar-refractivity contribution in [3.8, 4) is 6.07 Å². The fourth-order valence-electron chi connectivity index (χ4n) is 2.35. The first kappa shape index (κ1) is 15.3. The molecule has 0 spiro atoms. The Morgan fingerprint density at radius 1 is 1.35 bits per heavy atom. The predicted octanol–water partition coefficient (Wildman–Crippen LogP) is 4.01. The summed E-state index contributed by atoms with van der Waals surface area (Å²) in [5.41, 5.74) is 1.22. The van der Waals surface area contributed by atoms with E-state index in [4.69, 9.17) is 16.1 Å². The van der Waals surface area contributed by atoms with Gasteiger partial charge in [-0.05, 0) is 30.7 Å². The Labute approximate surface area is 138 Å². The van der Waals surface area contributed by atoms with Gasteiger partial charge in [-0.3, -0.25) is 0 Å². The van der Waals surface area contributed by atoms with Crippen molar-refractivity contribution in [3.63, 3.8) is 0 Å². The topological polar surface area (TPSA) is 87.6 Å². The first-order valence-corrected chi connectivity index (χ1v) is 7.55. The van der Waals surface area contributed by atoms with E-state index in [1.807, 2.05) is 6.92 Å². The molecule has 116 valence electrons. The number of aryl methyl sites for hydroxylation is 1. The summed E-state index contributed by atoms with van der Waals surface area (Å²) >= 11 is 6.00. The van der Waals surface area contributed by atoms with Crippen LogP contribution in [0.1, 0.15) is 36.7 Å². The lowest BCUT2D eigenvalue weighted by Gasteiger charge is -2.14. The number of halogens is 1. The van der Waals surface area contributed by atoms with E-state index in [9.17, 15) is 5.26 Å². The van der Waals surface area contributed by atoms with Crippen LogP contribution in [0.5, 0.6) is 0 Å². The zero-order valence-corrected chi connectivity index (χ0v) is 13.4. The number of hydrogen-bond acceptors (Lipinski definition) is 6. The van der Waals surface area contributed by atoms with Crippen molar-refractivity contribution in [1.29, 1.82) is 5.26 Å². The lowest BCUT2D eigenvalue weighted by molar-refractivity contribution is 0.384. The molecule has 6 nitrogen and oxygen atoms in total. The van der Waals surface area contributed by atoms with Crippen molar-refractivity contribution >= 4 is 28.3 Å². The maximum absolute atomic E-state index is 9.37. The van der Waals surface area contributed by atoms with Gasteiger partial charge in [0.2, 0.25) is 5.89 Å². The smallest absolute Gasteiger partial charge is 0.223 e. The number of hydrogen-bond donors (Lipinski definition) is 1. The number of rotatable bonds is 4. The fraction of sp³-hybridized carbons (Fsp3) is 0.250. The molecular formula is C16H14ClN5O. The summed E-state index contributed by atoms with van der Waals surface area (Å²) in [6, 6.07) is 9.03. The molecule has 3 aromatic rings. The summed E-state index contributed by atoms with van der Waals surface area (Å²) < 4.78 is 5.02. The Kier molecular flexibility index (Phi) is 4.13. The van der Waals surface area contributed by atoms with Crippen LogP contribution in [0.25, 0.3) is 10.9 Å². The van der Waals surface area contributed by atoms with Crippen LogP contribution in [0, 0.1) is 18.3 Å². The van der Waals surface area contributed by atoms with Gasteiger partial charge in [0.05, 0.1) is 23.2 Å². The minimum absolute atomic E-state index is 0.142. The van der Waals surface area contributed by atoms with Gasteiger partial charge in [-0.1, -0.05) is 23.7 Å². The molecule has 7 heteroatoms. The van der Waals surface area contributed by atoms with Crippen LogP contribution in [-0.2, 0) is 0 Å². The first-order valence-electron chi connectivity index (χ1n) is 7.18. The van der Waals surface area contributed by atoms with E-state index in [2.05, 4.69) is 26.5 Å². The van der Waals surface area contributed by atoms with Gasteiger partial charge in [-0.15, -0.1) is 0 Å². The molecule has 0 amide bonds. The number of nitrogens with one attached hydrogen (secondary N) is 1. The molecule has 1 atom stereocenters. The van der Waals surface area contributed by atoms with Crippen LogP contribution < -0.4 is 5.32 Å². The number of nitrogens with zero attached hydrogens (tertiary/aromatic N) is 4. The number of benzene rings is 1. The molecule has 0 bridgehead atoms. The molecule has 0 fully saturated rings. The van der Waals surface area contributed by atoms with E-state index in [0.717, 1.165) is 11.8 Å². The molecule has 1 unspecified atom stereocenters. The number of nitriles is 1. The summed E-state index contributed by atoms with van der Waals surface area (Å²) in [5, 5.41) is 17.9. The average molecular weight is 328 g/mol. The van der Waals surface area contributed by atoms with Gasteiger partial charge in [0.25, 0.3) is 0 Å². The molecule has 0 aliphatic heterocycles. The van der Waals surface area contributed by atoms with Crippen LogP contribution in [0.4, 0.5) is 5.82 Å². The van der Waals surface area contributed by atoms with E-state index in [-0.39, 0.29) is 6.04 Å². The lowest BCUT2D eigenvalue weighted by atomic mass is 10.1. The number of fused-ring (bicyclic) bond motifs is 1. The Morgan fingerprint density at radius 2 is 2.17 bits per heavy atom. The van der Waals surface area contributed by atoms with Gasteiger partial charge in [0, 0.05) is 17.3 Å². The quantitative estimate of drug-likeness (QED) is 0.778. The van der Waals surface area contributed by atoms with Crippen molar-refractivity contribution < 1.29 is 4.52 Å². The highest BCUT2D eigenvalue weighted by molar-refractivity contribution is 6.31. The number of anilines is 1. The third kappa shape index (κ3) is 3.10. The highest BCUT2D eigenvalue weighted by Gasteiger charge is 2.17. The van der Waals surface area contributed by atoms with Gasteiger partial charge in [-0.25, -0.2) is 4.98 Å². The van der Waals surface area contributed by atoms with Gasteiger partial charge in [0.1, 0.15) is 5.82 Å². The van der Waals surface area contributed by atoms with Gasteiger partial charge >= 0.3 is 0 Å². The van der Waals surface area contributed by atoms with E-state index in [1.165, 1.54) is 0 Å². The van der Waals surface area contributed by atoms with Gasteiger partial charge in [-0.2, -0.15) is 10.2 Å². The number of pyridine rings is 1. The lowest BCUT2D eigenvalue weighted by Crippen LogP contribution is -2.12. The second-order valence-corrected chi connectivity index (χ2v) is 5.54. The molecule has 1 N–H and O–H groups in total. The Bertz CT molecular complexity index is 899. The van der Waals surface area contributed by atoms with Crippen LogP contribution in [0.15, 0.2) is 28.8 Å². The Hall–Kier alpha value is -2.65. The summed E-state index contributed by atoms with van der Waals surface area (Å²) in [4.78, 5) is 8.78. The fourth-order valence-corrected chi connectivity index (χ4v) is 2.52. The van der Waals surface area contributed by atoms with Crippen molar-refractivity contribution in [2.45, 2.75) is 26.3 Å². The zero-order valence-electron chi connectivity index (χ0n) is 12.7. The zero-order chi connectivity index (χ0) is 16.4. The van der Waals surface area contributed by atoms with Crippen molar-refractivity contribution in [2.75, 3.05) is 5.32 Å². The molecule has 0 saturated carbocycles. The predicted molar refractivity (Wildman–Crippen MR) is 87.2 cm³/mol. The average Bonchev–Trinajstić information content (AvgIpc) is 2.98. The molecule has 2 aromatic heterocycles. The normalized spacial score (nSPS) is 12.1. The molecule has 23 heavy (non-hydrogen) atoms. The summed E-state index contributed by atoms with van der Waals surface area (Å²) in [5.74, 6) is 1.67. The van der Waals surface area contributed by atoms with Crippen molar-refractivity contribution in [2.24, 2.45) is 0 Å². The van der Waals surface area contributed by atoms with Crippen LogP contribution in [0.3, 0.4) is 0 Å². The molecule has 0 saturated heterocycles. The van der Waals surface area contributed by atoms with Crippen LogP contribution >= 0.6 is 11.6 Å². The second-order valence-electron chi connectivity index (χ2n) is 5.11. The summed E-state index contributed by atoms with van der Waals surface area (Å²) in [6.45, 7) is 3.75. The molecular weight excluding hydrogens is 314 g/mol. The van der Waals surface area contributed by atoms with E-state index in [0.29, 0.717) is 33.6 Å². The minimum atomic E-state index is -0.142. The highest BCUT2D eigenvalue weighted by atomic mass is 35.5. The molecule has 2 heterocycles. The molecule has 0 radical (unpaired) electrons. The van der Waals surface area contributed by atoms with Gasteiger partial charge < -0.3 is 9.84 Å². The SMILES string of the molecule is CCC(Nc1cc(C#N)c2cc(Cl)ccc2n1)c1noc(C)n1. The largest absolute Gasteiger partial charge is 0.360 e. The Balaban J connectivity index is 1.99. The van der Waals surface area contributed by atoms with E-state index >= 15 is 0 Å². The van der Waals surface area contributed by atoms with E-state index < -0.39 is 0 Å². The van der Waals surface area contributed by atoms with Gasteiger partial charge in [0.15, 0.2) is 5.82 Å². The molecule has 1 aromatic carbocycles. The summed E-state index contributed by atoms with van der Waals surface area (Å²) in [7, 11) is 0. The third-order valence-electron chi connectivity index (χ3n) is 3.48. The second kappa shape index (κ2) is 6.23. The van der Waals surface area contributed by atoms with Crippen molar-refractivity contribution in [3.05, 3.63) is 46.6 Å². The van der Waals surface area contributed by atoms with E-state index in [1.54, 1.807) is 31.2 Å². The summed E-state index contributed by atoms with van der Waals surface area (Å²) in [6.07, 6.45) is 0.751. The molecule has 0 aliphatic rings.